The highest BCUT2D eigenvalue weighted by atomic mass is 32.2. The summed E-state index contributed by atoms with van der Waals surface area (Å²) in [5.41, 5.74) is 0.932. The molecule has 6 nitrogen and oxygen atoms in total. The molecule has 0 bridgehead atoms. The molecule has 1 aromatic rings. The minimum Gasteiger partial charge on any atom is -0.349 e. The van der Waals surface area contributed by atoms with Crippen LogP contribution in [0.4, 0.5) is 0 Å². The number of carbonyl (C=O) groups is 1. The molecule has 2 heterocycles. The van der Waals surface area contributed by atoms with E-state index in [0.29, 0.717) is 13.0 Å². The van der Waals surface area contributed by atoms with Crippen LogP contribution >= 0.6 is 0 Å². The fourth-order valence-corrected chi connectivity index (χ4v) is 3.42. The second kappa shape index (κ2) is 6.53. The van der Waals surface area contributed by atoms with Crippen LogP contribution in [0, 0.1) is 5.92 Å². The Kier molecular flexibility index (Phi) is 4.95. The normalized spacial score (nSPS) is 21.7. The third-order valence-electron chi connectivity index (χ3n) is 3.77. The molecule has 1 fully saturated rings. The predicted octanol–water partition coefficient (Wildman–Crippen LogP) is 0.930. The Balaban J connectivity index is 1.97. The van der Waals surface area contributed by atoms with Crippen molar-refractivity contribution in [3.8, 4) is 0 Å². The van der Waals surface area contributed by atoms with Gasteiger partial charge in [0.2, 0.25) is 15.9 Å². The van der Waals surface area contributed by atoms with E-state index in [0.717, 1.165) is 12.0 Å². The summed E-state index contributed by atoms with van der Waals surface area (Å²) in [7, 11) is -3.23. The van der Waals surface area contributed by atoms with E-state index in [9.17, 15) is 13.2 Å². The van der Waals surface area contributed by atoms with Crippen molar-refractivity contribution in [1.29, 1.82) is 0 Å². The van der Waals surface area contributed by atoms with Gasteiger partial charge in [-0.3, -0.25) is 9.78 Å². The van der Waals surface area contributed by atoms with Crippen molar-refractivity contribution in [2.45, 2.75) is 25.8 Å². The average molecular weight is 311 g/mol. The minimum atomic E-state index is -3.23. The van der Waals surface area contributed by atoms with Crippen molar-refractivity contribution in [3.05, 3.63) is 30.1 Å². The van der Waals surface area contributed by atoms with Gasteiger partial charge in [-0.05, 0) is 31.4 Å². The van der Waals surface area contributed by atoms with Crippen molar-refractivity contribution in [2.75, 3.05) is 19.3 Å². The van der Waals surface area contributed by atoms with Crippen LogP contribution in [0.25, 0.3) is 0 Å². The van der Waals surface area contributed by atoms with Gasteiger partial charge in [-0.25, -0.2) is 12.7 Å². The zero-order valence-electron chi connectivity index (χ0n) is 12.3. The Morgan fingerprint density at radius 2 is 2.29 bits per heavy atom. The predicted molar refractivity (Wildman–Crippen MR) is 79.9 cm³/mol. The lowest BCUT2D eigenvalue weighted by molar-refractivity contribution is -0.126. The molecule has 0 spiro atoms. The van der Waals surface area contributed by atoms with Crippen LogP contribution in [0.5, 0.6) is 0 Å². The molecule has 1 saturated heterocycles. The monoisotopic (exact) mass is 311 g/mol. The lowest BCUT2D eigenvalue weighted by atomic mass is 9.98. The van der Waals surface area contributed by atoms with Gasteiger partial charge in [0.1, 0.15) is 0 Å². The van der Waals surface area contributed by atoms with Gasteiger partial charge in [-0.2, -0.15) is 0 Å². The third-order valence-corrected chi connectivity index (χ3v) is 5.04. The number of sulfonamides is 1. The lowest BCUT2D eigenvalue weighted by Crippen LogP contribution is -2.45. The van der Waals surface area contributed by atoms with Gasteiger partial charge >= 0.3 is 0 Å². The van der Waals surface area contributed by atoms with Gasteiger partial charge in [0, 0.05) is 25.5 Å². The van der Waals surface area contributed by atoms with Crippen molar-refractivity contribution < 1.29 is 13.2 Å². The molecule has 116 valence electrons. The summed E-state index contributed by atoms with van der Waals surface area (Å²) in [6.45, 7) is 2.66. The van der Waals surface area contributed by atoms with Gasteiger partial charge in [0.05, 0.1) is 18.2 Å². The Labute approximate surface area is 125 Å². The summed E-state index contributed by atoms with van der Waals surface area (Å²) in [6, 6.07) is 3.59. The molecule has 0 aromatic carbocycles. The van der Waals surface area contributed by atoms with E-state index in [1.165, 1.54) is 10.6 Å². The van der Waals surface area contributed by atoms with Gasteiger partial charge in [-0.1, -0.05) is 6.07 Å². The Morgan fingerprint density at radius 3 is 2.90 bits per heavy atom. The number of aromatic nitrogens is 1. The molecule has 0 radical (unpaired) electrons. The summed E-state index contributed by atoms with van der Waals surface area (Å²) in [5, 5.41) is 2.94. The smallest absolute Gasteiger partial charge is 0.224 e. The summed E-state index contributed by atoms with van der Waals surface area (Å²) in [5.74, 6) is -0.382. The van der Waals surface area contributed by atoms with E-state index >= 15 is 0 Å². The Bertz CT molecular complexity index is 589. The van der Waals surface area contributed by atoms with Crippen LogP contribution in [0.2, 0.25) is 0 Å². The first-order chi connectivity index (χ1) is 9.88. The summed E-state index contributed by atoms with van der Waals surface area (Å²) in [6.07, 6.45) is 6.02. The first-order valence-electron chi connectivity index (χ1n) is 7.03. The van der Waals surface area contributed by atoms with Crippen molar-refractivity contribution in [2.24, 2.45) is 5.92 Å². The zero-order valence-corrected chi connectivity index (χ0v) is 13.1. The average Bonchev–Trinajstić information content (AvgIpc) is 2.47. The molecule has 1 N–H and O–H groups in total. The fourth-order valence-electron chi connectivity index (χ4n) is 2.50. The molecule has 21 heavy (non-hydrogen) atoms. The summed E-state index contributed by atoms with van der Waals surface area (Å²) >= 11 is 0. The number of hydrogen-bond donors (Lipinski definition) is 1. The van der Waals surface area contributed by atoms with E-state index in [1.807, 2.05) is 19.1 Å². The van der Waals surface area contributed by atoms with Crippen LogP contribution in [0.1, 0.15) is 31.4 Å². The van der Waals surface area contributed by atoms with Crippen molar-refractivity contribution >= 4 is 15.9 Å². The van der Waals surface area contributed by atoms with Crippen LogP contribution in [0.3, 0.4) is 0 Å². The van der Waals surface area contributed by atoms with Gasteiger partial charge in [-0.15, -0.1) is 0 Å². The fraction of sp³-hybridized carbons (Fsp3) is 0.571. The minimum absolute atomic E-state index is 0.0975. The second-order valence-electron chi connectivity index (χ2n) is 5.48. The molecule has 0 saturated carbocycles. The van der Waals surface area contributed by atoms with Crippen molar-refractivity contribution in [3.63, 3.8) is 0 Å². The van der Waals surface area contributed by atoms with E-state index in [1.54, 1.807) is 12.4 Å². The van der Waals surface area contributed by atoms with E-state index in [4.69, 9.17) is 0 Å². The van der Waals surface area contributed by atoms with Crippen LogP contribution in [-0.4, -0.2) is 43.0 Å². The van der Waals surface area contributed by atoms with Crippen LogP contribution < -0.4 is 5.32 Å². The topological polar surface area (TPSA) is 79.4 Å². The standard InChI is InChI=1S/C14H21N3O3S/c1-11(12-5-3-7-15-9-12)16-14(18)13-6-4-8-17(10-13)21(2,19)20/h3,5,7,9,11,13H,4,6,8,10H2,1-2H3,(H,16,18)/t11-,13-/m1/s1. The van der Waals surface area contributed by atoms with E-state index < -0.39 is 10.0 Å². The molecule has 2 rings (SSSR count). The Morgan fingerprint density at radius 1 is 1.52 bits per heavy atom. The summed E-state index contributed by atoms with van der Waals surface area (Å²) in [4.78, 5) is 16.3. The molecular weight excluding hydrogens is 290 g/mol. The molecule has 7 heteroatoms. The number of piperidine rings is 1. The lowest BCUT2D eigenvalue weighted by Gasteiger charge is -2.30. The maximum Gasteiger partial charge on any atom is 0.224 e. The number of amides is 1. The molecule has 1 amide bonds. The SMILES string of the molecule is C[C@@H](NC(=O)[C@@H]1CCCN(S(C)(=O)=O)C1)c1cccnc1. The van der Waals surface area contributed by atoms with Gasteiger partial charge in [0.25, 0.3) is 0 Å². The number of pyridine rings is 1. The zero-order chi connectivity index (χ0) is 15.5. The Hall–Kier alpha value is -1.47. The van der Waals surface area contributed by atoms with Gasteiger partial charge in [0.15, 0.2) is 0 Å². The molecule has 1 aromatic heterocycles. The van der Waals surface area contributed by atoms with E-state index in [-0.39, 0.29) is 24.4 Å². The highest BCUT2D eigenvalue weighted by molar-refractivity contribution is 7.88. The van der Waals surface area contributed by atoms with Crippen LogP contribution in [0.15, 0.2) is 24.5 Å². The van der Waals surface area contributed by atoms with Crippen LogP contribution in [-0.2, 0) is 14.8 Å². The number of rotatable bonds is 4. The number of nitrogens with one attached hydrogen (secondary N) is 1. The van der Waals surface area contributed by atoms with Gasteiger partial charge < -0.3 is 5.32 Å². The maximum atomic E-state index is 12.3. The second-order valence-corrected chi connectivity index (χ2v) is 7.46. The molecular formula is C14H21N3O3S. The first-order valence-corrected chi connectivity index (χ1v) is 8.88. The number of hydrogen-bond acceptors (Lipinski definition) is 4. The van der Waals surface area contributed by atoms with Crippen molar-refractivity contribution in [1.82, 2.24) is 14.6 Å². The van der Waals surface area contributed by atoms with E-state index in [2.05, 4.69) is 10.3 Å². The highest BCUT2D eigenvalue weighted by Gasteiger charge is 2.30. The number of carbonyl (C=O) groups excluding carboxylic acids is 1. The molecule has 1 aliphatic rings. The number of nitrogens with zero attached hydrogens (tertiary/aromatic N) is 2. The summed E-state index contributed by atoms with van der Waals surface area (Å²) < 4.78 is 24.6. The largest absolute Gasteiger partial charge is 0.349 e. The maximum absolute atomic E-state index is 12.3. The highest BCUT2D eigenvalue weighted by Crippen LogP contribution is 2.20. The molecule has 1 aliphatic heterocycles. The molecule has 2 atom stereocenters. The first kappa shape index (κ1) is 15.9. The quantitative estimate of drug-likeness (QED) is 0.897. The molecule has 0 aliphatic carbocycles. The third kappa shape index (κ3) is 4.25. The molecule has 0 unspecified atom stereocenters.